The Morgan fingerprint density at radius 3 is 3.00 bits per heavy atom. The summed E-state index contributed by atoms with van der Waals surface area (Å²) in [7, 11) is 0. The van der Waals surface area contributed by atoms with Crippen LogP contribution in [-0.4, -0.2) is 40.8 Å². The minimum atomic E-state index is -0.226. The molecule has 2 heterocycles. The molecular weight excluding hydrogens is 216 g/mol. The third kappa shape index (κ3) is 2.66. The fourth-order valence-corrected chi connectivity index (χ4v) is 2.12. The number of aliphatic hydroxyl groups excluding tert-OH is 1. The molecule has 0 amide bonds. The van der Waals surface area contributed by atoms with Gasteiger partial charge in [-0.05, 0) is 19.8 Å². The molecule has 17 heavy (non-hydrogen) atoms. The first kappa shape index (κ1) is 12.1. The van der Waals surface area contributed by atoms with Crippen LogP contribution < -0.4 is 10.2 Å². The van der Waals surface area contributed by atoms with Gasteiger partial charge in [0.2, 0.25) is 0 Å². The molecule has 2 rings (SSSR count). The smallest absolute Gasteiger partial charge is 0.137 e. The second-order valence-electron chi connectivity index (χ2n) is 4.49. The van der Waals surface area contributed by atoms with Gasteiger partial charge in [-0.1, -0.05) is 6.92 Å². The van der Waals surface area contributed by atoms with Gasteiger partial charge in [-0.2, -0.15) is 0 Å². The first-order valence-electron chi connectivity index (χ1n) is 6.21. The lowest BCUT2D eigenvalue weighted by Gasteiger charge is -2.20. The first-order chi connectivity index (χ1) is 8.22. The second kappa shape index (κ2) is 5.31. The zero-order valence-corrected chi connectivity index (χ0v) is 10.5. The molecule has 1 saturated heterocycles. The summed E-state index contributed by atoms with van der Waals surface area (Å²) in [5.74, 6) is 1.84. The van der Waals surface area contributed by atoms with Crippen LogP contribution in [0, 0.1) is 6.92 Å². The molecule has 2 N–H and O–H groups in total. The van der Waals surface area contributed by atoms with Crippen molar-refractivity contribution in [1.82, 2.24) is 9.97 Å². The number of β-amino-alcohol motifs (C(OH)–C–C–N with tert-alkyl or cyclic N) is 1. The van der Waals surface area contributed by atoms with Gasteiger partial charge in [0.25, 0.3) is 0 Å². The van der Waals surface area contributed by atoms with Crippen LogP contribution in [0.5, 0.6) is 0 Å². The number of nitrogens with zero attached hydrogens (tertiary/aromatic N) is 3. The molecule has 0 bridgehead atoms. The van der Waals surface area contributed by atoms with Crippen molar-refractivity contribution >= 4 is 11.6 Å². The van der Waals surface area contributed by atoms with Gasteiger partial charge in [0.15, 0.2) is 0 Å². The monoisotopic (exact) mass is 236 g/mol. The van der Waals surface area contributed by atoms with E-state index in [0.717, 1.165) is 43.1 Å². The average Bonchev–Trinajstić information content (AvgIpc) is 2.74. The number of anilines is 2. The molecule has 0 aliphatic carbocycles. The zero-order chi connectivity index (χ0) is 12.3. The van der Waals surface area contributed by atoms with Crippen LogP contribution in [0.3, 0.4) is 0 Å². The van der Waals surface area contributed by atoms with Crippen molar-refractivity contribution in [1.29, 1.82) is 0 Å². The van der Waals surface area contributed by atoms with E-state index in [-0.39, 0.29) is 6.10 Å². The minimum absolute atomic E-state index is 0.226. The van der Waals surface area contributed by atoms with Gasteiger partial charge in [0, 0.05) is 25.2 Å². The van der Waals surface area contributed by atoms with Crippen LogP contribution >= 0.6 is 0 Å². The highest BCUT2D eigenvalue weighted by atomic mass is 16.3. The average molecular weight is 236 g/mol. The molecule has 94 valence electrons. The number of hydrogen-bond donors (Lipinski definition) is 2. The van der Waals surface area contributed by atoms with E-state index in [0.29, 0.717) is 6.54 Å². The summed E-state index contributed by atoms with van der Waals surface area (Å²) >= 11 is 0. The molecule has 5 heteroatoms. The molecule has 1 atom stereocenters. The van der Waals surface area contributed by atoms with E-state index in [1.54, 1.807) is 6.33 Å². The molecule has 5 nitrogen and oxygen atoms in total. The summed E-state index contributed by atoms with van der Waals surface area (Å²) in [5.41, 5.74) is 1.06. The van der Waals surface area contributed by atoms with E-state index in [9.17, 15) is 5.11 Å². The Balaban J connectivity index is 2.17. The highest BCUT2D eigenvalue weighted by molar-refractivity contribution is 5.58. The van der Waals surface area contributed by atoms with Gasteiger partial charge in [-0.3, -0.25) is 0 Å². The van der Waals surface area contributed by atoms with E-state index >= 15 is 0 Å². The molecule has 0 saturated carbocycles. The molecule has 1 aliphatic rings. The van der Waals surface area contributed by atoms with Crippen LogP contribution in [0.15, 0.2) is 6.33 Å². The van der Waals surface area contributed by atoms with Crippen molar-refractivity contribution in [3.05, 3.63) is 11.9 Å². The van der Waals surface area contributed by atoms with Crippen molar-refractivity contribution in [2.24, 2.45) is 0 Å². The Labute approximate surface area is 102 Å². The maximum Gasteiger partial charge on any atom is 0.137 e. The molecule has 1 fully saturated rings. The lowest BCUT2D eigenvalue weighted by atomic mass is 10.3. The Morgan fingerprint density at radius 2 is 2.35 bits per heavy atom. The molecule has 1 aromatic heterocycles. The van der Waals surface area contributed by atoms with Crippen LogP contribution in [0.2, 0.25) is 0 Å². The largest absolute Gasteiger partial charge is 0.391 e. The first-order valence-corrected chi connectivity index (χ1v) is 6.21. The number of hydrogen-bond acceptors (Lipinski definition) is 5. The molecule has 1 aliphatic heterocycles. The predicted molar refractivity (Wildman–Crippen MR) is 68.4 cm³/mol. The van der Waals surface area contributed by atoms with Crippen LogP contribution in [-0.2, 0) is 0 Å². The van der Waals surface area contributed by atoms with Crippen LogP contribution in [0.4, 0.5) is 11.6 Å². The van der Waals surface area contributed by atoms with E-state index < -0.39 is 0 Å². The Bertz CT molecular complexity index is 383. The molecule has 1 aromatic rings. The summed E-state index contributed by atoms with van der Waals surface area (Å²) < 4.78 is 0. The van der Waals surface area contributed by atoms with Gasteiger partial charge in [-0.25, -0.2) is 9.97 Å². The van der Waals surface area contributed by atoms with Gasteiger partial charge < -0.3 is 15.3 Å². The molecule has 0 aromatic carbocycles. The Kier molecular flexibility index (Phi) is 3.78. The van der Waals surface area contributed by atoms with E-state index in [1.807, 2.05) is 6.92 Å². The van der Waals surface area contributed by atoms with Crippen molar-refractivity contribution < 1.29 is 5.11 Å². The molecular formula is C12H20N4O. The maximum atomic E-state index is 9.56. The normalized spacial score (nSPS) is 19.7. The van der Waals surface area contributed by atoms with Gasteiger partial charge in [0.05, 0.1) is 6.10 Å². The maximum absolute atomic E-state index is 9.56. The second-order valence-corrected chi connectivity index (χ2v) is 4.49. The summed E-state index contributed by atoms with van der Waals surface area (Å²) in [6.07, 6.45) is 3.25. The van der Waals surface area contributed by atoms with Crippen LogP contribution in [0.25, 0.3) is 0 Å². The number of aromatic nitrogens is 2. The summed E-state index contributed by atoms with van der Waals surface area (Å²) in [4.78, 5) is 10.7. The predicted octanol–water partition coefficient (Wildman–Crippen LogP) is 1.18. The van der Waals surface area contributed by atoms with Crippen molar-refractivity contribution in [2.75, 3.05) is 29.9 Å². The van der Waals surface area contributed by atoms with Gasteiger partial charge >= 0.3 is 0 Å². The number of rotatable bonds is 4. The third-order valence-corrected chi connectivity index (χ3v) is 3.06. The highest BCUT2D eigenvalue weighted by Crippen LogP contribution is 2.25. The third-order valence-electron chi connectivity index (χ3n) is 3.06. The topological polar surface area (TPSA) is 61.3 Å². The summed E-state index contributed by atoms with van der Waals surface area (Å²) in [6.45, 7) is 6.61. The lowest BCUT2D eigenvalue weighted by Crippen LogP contribution is -2.23. The Hall–Kier alpha value is -1.36. The number of nitrogens with one attached hydrogen (secondary N) is 1. The van der Waals surface area contributed by atoms with E-state index in [2.05, 4.69) is 27.1 Å². The SMILES string of the molecule is CCCNc1ncnc(N2CCC(O)C2)c1C. The lowest BCUT2D eigenvalue weighted by molar-refractivity contribution is 0.198. The van der Waals surface area contributed by atoms with Crippen LogP contribution in [0.1, 0.15) is 25.3 Å². The van der Waals surface area contributed by atoms with E-state index in [4.69, 9.17) is 0 Å². The van der Waals surface area contributed by atoms with Crippen molar-refractivity contribution in [3.8, 4) is 0 Å². The van der Waals surface area contributed by atoms with Gasteiger partial charge in [-0.15, -0.1) is 0 Å². The minimum Gasteiger partial charge on any atom is -0.391 e. The Morgan fingerprint density at radius 1 is 1.53 bits per heavy atom. The molecule has 0 spiro atoms. The molecule has 0 radical (unpaired) electrons. The summed E-state index contributed by atoms with van der Waals surface area (Å²) in [5, 5.41) is 12.9. The number of aliphatic hydroxyl groups is 1. The quantitative estimate of drug-likeness (QED) is 0.822. The fourth-order valence-electron chi connectivity index (χ4n) is 2.12. The standard InChI is InChI=1S/C12H20N4O/c1-3-5-13-11-9(2)12(15-8-14-11)16-6-4-10(17)7-16/h8,10,17H,3-7H2,1-2H3,(H,13,14,15). The molecule has 1 unspecified atom stereocenters. The summed E-state index contributed by atoms with van der Waals surface area (Å²) in [6, 6.07) is 0. The van der Waals surface area contributed by atoms with Gasteiger partial charge in [0.1, 0.15) is 18.0 Å². The van der Waals surface area contributed by atoms with Crippen molar-refractivity contribution in [2.45, 2.75) is 32.8 Å². The van der Waals surface area contributed by atoms with E-state index in [1.165, 1.54) is 0 Å². The highest BCUT2D eigenvalue weighted by Gasteiger charge is 2.23. The zero-order valence-electron chi connectivity index (χ0n) is 10.5. The fraction of sp³-hybridized carbons (Fsp3) is 0.667. The van der Waals surface area contributed by atoms with Crippen molar-refractivity contribution in [3.63, 3.8) is 0 Å².